The number of carbonyl (C=O) groups is 1. The summed E-state index contributed by atoms with van der Waals surface area (Å²) >= 11 is 0. The number of nitrogens with zero attached hydrogens (tertiary/aromatic N) is 4. The van der Waals surface area contributed by atoms with Gasteiger partial charge in [0, 0.05) is 32.2 Å². The highest BCUT2D eigenvalue weighted by Gasteiger charge is 2.42. The molecule has 2 saturated heterocycles. The first-order chi connectivity index (χ1) is 21.9. The fourth-order valence-corrected chi connectivity index (χ4v) is 6.21. The fourth-order valence-electron chi connectivity index (χ4n) is 6.21. The number of likely N-dealkylation sites (N-methyl/N-ethyl adjacent to an activating group) is 1. The molecule has 2 aromatic carbocycles. The van der Waals surface area contributed by atoms with Crippen LogP contribution in [0.2, 0.25) is 0 Å². The number of alkyl halides is 6. The number of carbonyl (C=O) groups excluding carboxylic acids is 1. The molecule has 2 aliphatic rings. The molecule has 0 spiro atoms. The van der Waals surface area contributed by atoms with Gasteiger partial charge in [-0.15, -0.1) is 12.4 Å². The SMILES string of the molecule is Cc1ccc(F)cc1-c1cc(N2C[C@H]3COCCN3C[C@H]2CO)ncc1N(C)C(=O)C(C)(C)c1cc(C(F)(F)F)cc(C(F)(F)F)c1.Cl. The van der Waals surface area contributed by atoms with Crippen LogP contribution in [0.25, 0.3) is 11.1 Å². The number of halogens is 8. The topological polar surface area (TPSA) is 69.1 Å². The third kappa shape index (κ3) is 7.41. The van der Waals surface area contributed by atoms with Gasteiger partial charge in [-0.1, -0.05) is 6.07 Å². The summed E-state index contributed by atoms with van der Waals surface area (Å²) in [4.78, 5) is 23.9. The van der Waals surface area contributed by atoms with Crippen LogP contribution < -0.4 is 9.80 Å². The number of fused-ring (bicyclic) bond motifs is 1. The molecule has 3 heterocycles. The number of aliphatic hydroxyl groups excluding tert-OH is 1. The monoisotopic (exact) mass is 704 g/mol. The number of pyridine rings is 1. The largest absolute Gasteiger partial charge is 0.416 e. The number of aliphatic hydroxyl groups is 1. The maximum absolute atomic E-state index is 14.6. The van der Waals surface area contributed by atoms with Gasteiger partial charge in [-0.3, -0.25) is 9.69 Å². The Kier molecular flexibility index (Phi) is 10.7. The second-order valence-electron chi connectivity index (χ2n) is 12.5. The lowest BCUT2D eigenvalue weighted by Crippen LogP contribution is -2.63. The van der Waals surface area contributed by atoms with Gasteiger partial charge in [0.25, 0.3) is 0 Å². The maximum atomic E-state index is 14.6. The number of ether oxygens (including phenoxy) is 1. The predicted molar refractivity (Wildman–Crippen MR) is 169 cm³/mol. The molecular formula is C33H36ClF7N4O3. The van der Waals surface area contributed by atoms with Gasteiger partial charge in [-0.2, -0.15) is 26.3 Å². The van der Waals surface area contributed by atoms with Crippen LogP contribution >= 0.6 is 12.4 Å². The summed E-state index contributed by atoms with van der Waals surface area (Å²) in [5.74, 6) is -0.949. The van der Waals surface area contributed by atoms with E-state index in [4.69, 9.17) is 4.74 Å². The number of amides is 1. The van der Waals surface area contributed by atoms with Gasteiger partial charge in [0.1, 0.15) is 11.6 Å². The number of aromatic nitrogens is 1. The second-order valence-corrected chi connectivity index (χ2v) is 12.5. The normalized spacial score (nSPS) is 19.0. The van der Waals surface area contributed by atoms with Crippen molar-refractivity contribution in [1.82, 2.24) is 9.88 Å². The summed E-state index contributed by atoms with van der Waals surface area (Å²) in [5, 5.41) is 10.3. The predicted octanol–water partition coefficient (Wildman–Crippen LogP) is 6.48. The lowest BCUT2D eigenvalue weighted by molar-refractivity contribution is -0.143. The van der Waals surface area contributed by atoms with Crippen molar-refractivity contribution in [2.45, 2.75) is 50.6 Å². The van der Waals surface area contributed by atoms with Gasteiger partial charge in [0.05, 0.1) is 60.3 Å². The van der Waals surface area contributed by atoms with Crippen molar-refractivity contribution in [2.24, 2.45) is 0 Å². The van der Waals surface area contributed by atoms with E-state index in [9.17, 15) is 40.6 Å². The van der Waals surface area contributed by atoms with Gasteiger partial charge in [-0.05, 0) is 73.9 Å². The van der Waals surface area contributed by atoms with Crippen LogP contribution in [0.5, 0.6) is 0 Å². The maximum Gasteiger partial charge on any atom is 0.416 e. The van der Waals surface area contributed by atoms with E-state index in [0.29, 0.717) is 67.5 Å². The molecule has 2 aliphatic heterocycles. The van der Waals surface area contributed by atoms with Crippen molar-refractivity contribution in [3.8, 4) is 11.1 Å². The number of aryl methyl sites for hydroxylation is 1. The summed E-state index contributed by atoms with van der Waals surface area (Å²) in [6, 6.07) is 6.57. The zero-order valence-corrected chi connectivity index (χ0v) is 27.4. The molecule has 1 amide bonds. The lowest BCUT2D eigenvalue weighted by Gasteiger charge is -2.48. The van der Waals surface area contributed by atoms with Crippen molar-refractivity contribution in [2.75, 3.05) is 56.3 Å². The summed E-state index contributed by atoms with van der Waals surface area (Å²) < 4.78 is 102. The van der Waals surface area contributed by atoms with Gasteiger partial charge >= 0.3 is 12.4 Å². The van der Waals surface area contributed by atoms with E-state index >= 15 is 0 Å². The van der Waals surface area contributed by atoms with Crippen LogP contribution in [-0.2, 0) is 27.3 Å². The Hall–Kier alpha value is -3.46. The summed E-state index contributed by atoms with van der Waals surface area (Å²) in [7, 11) is 1.34. The second kappa shape index (κ2) is 13.8. The van der Waals surface area contributed by atoms with Crippen molar-refractivity contribution in [1.29, 1.82) is 0 Å². The molecule has 5 rings (SSSR count). The van der Waals surface area contributed by atoms with Gasteiger partial charge < -0.3 is 19.6 Å². The summed E-state index contributed by atoms with van der Waals surface area (Å²) in [6.07, 6.45) is -8.82. The number of anilines is 2. The molecule has 1 aromatic heterocycles. The highest BCUT2D eigenvalue weighted by molar-refractivity contribution is 6.03. The van der Waals surface area contributed by atoms with Crippen LogP contribution in [-0.4, -0.2) is 79.5 Å². The Bertz CT molecular complexity index is 1620. The third-order valence-electron chi connectivity index (χ3n) is 9.02. The number of hydrogen-bond donors (Lipinski definition) is 1. The highest BCUT2D eigenvalue weighted by Crippen LogP contribution is 2.41. The molecule has 15 heteroatoms. The number of hydrogen-bond acceptors (Lipinski definition) is 6. The quantitative estimate of drug-likeness (QED) is 0.297. The minimum atomic E-state index is -5.09. The van der Waals surface area contributed by atoms with E-state index in [0.717, 1.165) is 4.90 Å². The van der Waals surface area contributed by atoms with Gasteiger partial charge in [0.15, 0.2) is 0 Å². The number of piperazine rings is 1. The zero-order valence-electron chi connectivity index (χ0n) is 26.6. The Morgan fingerprint density at radius 3 is 2.21 bits per heavy atom. The van der Waals surface area contributed by atoms with E-state index in [1.165, 1.54) is 39.2 Å². The fraction of sp³-hybridized carbons (Fsp3) is 0.455. The molecule has 3 aromatic rings. The first-order valence-corrected chi connectivity index (χ1v) is 15.0. The van der Waals surface area contributed by atoms with Crippen LogP contribution in [0.3, 0.4) is 0 Å². The molecule has 262 valence electrons. The summed E-state index contributed by atoms with van der Waals surface area (Å²) in [5.41, 5.74) is -3.86. The van der Waals surface area contributed by atoms with E-state index in [2.05, 4.69) is 9.88 Å². The molecule has 0 bridgehead atoms. The molecule has 0 unspecified atom stereocenters. The summed E-state index contributed by atoms with van der Waals surface area (Å²) in [6.45, 7) is 6.85. The molecule has 0 aliphatic carbocycles. The molecular weight excluding hydrogens is 669 g/mol. The smallest absolute Gasteiger partial charge is 0.394 e. The van der Waals surface area contributed by atoms with Crippen molar-refractivity contribution in [3.63, 3.8) is 0 Å². The Morgan fingerprint density at radius 1 is 0.979 bits per heavy atom. The molecule has 1 N–H and O–H groups in total. The van der Waals surface area contributed by atoms with Crippen molar-refractivity contribution < 1.29 is 45.4 Å². The minimum Gasteiger partial charge on any atom is -0.394 e. The van der Waals surface area contributed by atoms with Crippen LogP contribution in [0, 0.1) is 12.7 Å². The van der Waals surface area contributed by atoms with Crippen LogP contribution in [0.1, 0.15) is 36.1 Å². The molecule has 48 heavy (non-hydrogen) atoms. The first-order valence-electron chi connectivity index (χ1n) is 15.0. The minimum absolute atomic E-state index is 0. The van der Waals surface area contributed by atoms with E-state index in [1.54, 1.807) is 19.1 Å². The Labute approximate surface area is 279 Å². The Morgan fingerprint density at radius 2 is 1.60 bits per heavy atom. The molecule has 2 atom stereocenters. The molecule has 7 nitrogen and oxygen atoms in total. The standard InChI is InChI=1S/C33H35F7N4O3.ClH/c1-19-5-6-23(34)12-26(19)27-13-29(44-16-25-18-47-8-7-43(25)15-24(44)17-45)41-14-28(27)42(4)30(46)31(2,3)20-9-21(32(35,36)37)11-22(10-20)33(38,39)40;/h5-6,9-14,24-25,45H,7-8,15-18H2,1-4H3;1H/t24-,25-;/m0./s1. The Balaban J connectivity index is 0.00000520. The van der Waals surface area contributed by atoms with E-state index < -0.39 is 46.2 Å². The first kappa shape index (κ1) is 37.4. The zero-order chi connectivity index (χ0) is 34.5. The number of rotatable bonds is 6. The number of morpholine rings is 1. The van der Waals surface area contributed by atoms with Crippen molar-refractivity contribution in [3.05, 3.63) is 76.7 Å². The van der Waals surface area contributed by atoms with E-state index in [-0.39, 0.29) is 42.9 Å². The van der Waals surface area contributed by atoms with E-state index in [1.807, 2.05) is 4.90 Å². The van der Waals surface area contributed by atoms with Crippen molar-refractivity contribution >= 4 is 29.8 Å². The van der Waals surface area contributed by atoms with Gasteiger partial charge in [0.2, 0.25) is 5.91 Å². The average molecular weight is 705 g/mol. The van der Waals surface area contributed by atoms with Crippen LogP contribution in [0.4, 0.5) is 42.2 Å². The van der Waals surface area contributed by atoms with Crippen LogP contribution in [0.15, 0.2) is 48.7 Å². The third-order valence-corrected chi connectivity index (χ3v) is 9.02. The lowest BCUT2D eigenvalue weighted by atomic mass is 9.81. The molecule has 0 radical (unpaired) electrons. The van der Waals surface area contributed by atoms with Gasteiger partial charge in [-0.25, -0.2) is 9.37 Å². The molecule has 2 fully saturated rings. The molecule has 0 saturated carbocycles. The number of benzene rings is 2. The average Bonchev–Trinajstić information content (AvgIpc) is 3.03. The highest BCUT2D eigenvalue weighted by atomic mass is 35.5.